The first kappa shape index (κ1) is 13.1. The van der Waals surface area contributed by atoms with E-state index in [4.69, 9.17) is 0 Å². The maximum Gasteiger partial charge on any atom is 0.313 e. The lowest BCUT2D eigenvalue weighted by Gasteiger charge is -1.99. The van der Waals surface area contributed by atoms with Crippen LogP contribution in [0.25, 0.3) is 0 Å². The molecule has 1 heterocycles. The molecule has 0 aliphatic heterocycles. The molecule has 0 unspecified atom stereocenters. The van der Waals surface area contributed by atoms with Gasteiger partial charge in [0.1, 0.15) is 12.2 Å². The second kappa shape index (κ2) is 6.59. The van der Waals surface area contributed by atoms with Gasteiger partial charge in [0.2, 0.25) is 0 Å². The van der Waals surface area contributed by atoms with E-state index in [1.54, 1.807) is 13.8 Å². The second-order valence-electron chi connectivity index (χ2n) is 2.92. The first-order valence-corrected chi connectivity index (χ1v) is 6.48. The summed E-state index contributed by atoms with van der Waals surface area (Å²) in [5, 5.41) is 0. The van der Waals surface area contributed by atoms with Crippen LogP contribution in [0.4, 0.5) is 0 Å². The van der Waals surface area contributed by atoms with Gasteiger partial charge in [-0.05, 0) is 25.4 Å². The minimum Gasteiger partial charge on any atom is -0.466 e. The molecule has 0 saturated heterocycles. The molecular formula is C9H12N2O3S2. The van der Waals surface area contributed by atoms with Crippen molar-refractivity contribution in [3.8, 4) is 0 Å². The Morgan fingerprint density at radius 2 is 2.25 bits per heavy atom. The van der Waals surface area contributed by atoms with E-state index in [0.717, 1.165) is 4.34 Å². The zero-order valence-corrected chi connectivity index (χ0v) is 10.7. The van der Waals surface area contributed by atoms with Gasteiger partial charge in [0.25, 0.3) is 0 Å². The number of aromatic nitrogens is 2. The molecule has 0 saturated carbocycles. The average molecular weight is 260 g/mol. The van der Waals surface area contributed by atoms with Crippen molar-refractivity contribution in [3.63, 3.8) is 0 Å². The van der Waals surface area contributed by atoms with E-state index in [0.29, 0.717) is 12.4 Å². The minimum atomic E-state index is -0.471. The van der Waals surface area contributed by atoms with Crippen LogP contribution in [0.1, 0.15) is 19.2 Å². The highest BCUT2D eigenvalue weighted by atomic mass is 32.2. The molecule has 1 rings (SSSR count). The molecule has 16 heavy (non-hydrogen) atoms. The molecule has 1 aromatic rings. The molecule has 5 nitrogen and oxygen atoms in total. The lowest BCUT2D eigenvalue weighted by Crippen LogP contribution is -2.12. The van der Waals surface area contributed by atoms with Crippen molar-refractivity contribution in [2.24, 2.45) is 0 Å². The summed E-state index contributed by atoms with van der Waals surface area (Å²) in [6.07, 6.45) is -0.168. The highest BCUT2D eigenvalue weighted by Crippen LogP contribution is 2.19. The van der Waals surface area contributed by atoms with Crippen molar-refractivity contribution in [2.75, 3.05) is 12.4 Å². The van der Waals surface area contributed by atoms with E-state index >= 15 is 0 Å². The minimum absolute atomic E-state index is 0.156. The quantitative estimate of drug-likeness (QED) is 0.438. The normalized spacial score (nSPS) is 10.1. The number of carbonyl (C=O) groups is 2. The van der Waals surface area contributed by atoms with Crippen LogP contribution in [0.2, 0.25) is 0 Å². The third-order valence-electron chi connectivity index (χ3n) is 1.51. The Balaban J connectivity index is 2.27. The van der Waals surface area contributed by atoms with E-state index in [9.17, 15) is 9.59 Å². The number of thioether (sulfide) groups is 1. The Labute approximate surface area is 102 Å². The number of carbonyl (C=O) groups excluding carboxylic acids is 2. The fourth-order valence-corrected chi connectivity index (χ4v) is 2.41. The number of ether oxygens (including phenoxy) is 1. The van der Waals surface area contributed by atoms with E-state index in [2.05, 4.69) is 14.1 Å². The van der Waals surface area contributed by atoms with E-state index in [1.165, 1.54) is 23.3 Å². The largest absolute Gasteiger partial charge is 0.466 e. The van der Waals surface area contributed by atoms with Gasteiger partial charge >= 0.3 is 5.97 Å². The lowest BCUT2D eigenvalue weighted by atomic mass is 10.3. The van der Waals surface area contributed by atoms with Gasteiger partial charge in [0.05, 0.1) is 12.4 Å². The Bertz CT molecular complexity index is 379. The Kier molecular flexibility index (Phi) is 5.41. The molecule has 88 valence electrons. The number of hydrogen-bond donors (Lipinski definition) is 0. The highest BCUT2D eigenvalue weighted by molar-refractivity contribution is 8.01. The Hall–Kier alpha value is -0.950. The summed E-state index contributed by atoms with van der Waals surface area (Å²) in [4.78, 5) is 26.4. The Morgan fingerprint density at radius 3 is 2.81 bits per heavy atom. The van der Waals surface area contributed by atoms with Crippen LogP contribution >= 0.6 is 23.3 Å². The van der Waals surface area contributed by atoms with E-state index in [1.807, 2.05) is 0 Å². The zero-order valence-electron chi connectivity index (χ0n) is 9.06. The molecule has 0 aromatic carbocycles. The van der Waals surface area contributed by atoms with Gasteiger partial charge in [-0.25, -0.2) is 4.98 Å². The van der Waals surface area contributed by atoms with Crippen LogP contribution in [0.5, 0.6) is 0 Å². The summed E-state index contributed by atoms with van der Waals surface area (Å²) >= 11 is 2.55. The van der Waals surface area contributed by atoms with Crippen LogP contribution in [-0.2, 0) is 14.3 Å². The number of rotatable bonds is 6. The maximum atomic E-state index is 11.3. The van der Waals surface area contributed by atoms with Gasteiger partial charge in [0.15, 0.2) is 10.1 Å². The number of esters is 1. The molecule has 1 aromatic heterocycles. The summed E-state index contributed by atoms with van der Waals surface area (Å²) in [5.74, 6) is 0.302. The Morgan fingerprint density at radius 1 is 1.50 bits per heavy atom. The number of hydrogen-bond acceptors (Lipinski definition) is 7. The molecule has 0 aliphatic carbocycles. The molecule has 0 atom stereocenters. The SMILES string of the molecule is CCOC(=O)CC(=O)CSc1nc(C)ns1. The zero-order chi connectivity index (χ0) is 12.0. The van der Waals surface area contributed by atoms with Gasteiger partial charge in [0, 0.05) is 0 Å². The van der Waals surface area contributed by atoms with E-state index in [-0.39, 0.29) is 18.0 Å². The molecule has 0 fully saturated rings. The molecule has 0 spiro atoms. The topological polar surface area (TPSA) is 69.2 Å². The standard InChI is InChI=1S/C9H12N2O3S2/c1-3-14-8(13)4-7(12)5-15-9-10-6(2)11-16-9/h3-5H2,1-2H3. The predicted octanol–water partition coefficient (Wildman–Crippen LogP) is 1.46. The third kappa shape index (κ3) is 4.71. The van der Waals surface area contributed by atoms with Crippen LogP contribution < -0.4 is 0 Å². The number of aryl methyl sites for hydroxylation is 1. The van der Waals surface area contributed by atoms with Crippen LogP contribution in [-0.4, -0.2) is 33.5 Å². The monoisotopic (exact) mass is 260 g/mol. The van der Waals surface area contributed by atoms with Gasteiger partial charge in [-0.2, -0.15) is 4.37 Å². The summed E-state index contributed by atoms with van der Waals surface area (Å²) in [6, 6.07) is 0. The highest BCUT2D eigenvalue weighted by Gasteiger charge is 2.11. The maximum absolute atomic E-state index is 11.3. The number of nitrogens with zero attached hydrogens (tertiary/aromatic N) is 2. The molecule has 0 bridgehead atoms. The van der Waals surface area contributed by atoms with Crippen molar-refractivity contribution < 1.29 is 14.3 Å². The molecule has 7 heteroatoms. The third-order valence-corrected chi connectivity index (χ3v) is 3.50. The first-order chi connectivity index (χ1) is 7.61. The molecular weight excluding hydrogens is 248 g/mol. The van der Waals surface area contributed by atoms with Gasteiger partial charge < -0.3 is 4.74 Å². The van der Waals surface area contributed by atoms with Gasteiger partial charge in [-0.15, -0.1) is 0 Å². The van der Waals surface area contributed by atoms with Crippen molar-refractivity contribution in [2.45, 2.75) is 24.6 Å². The molecule has 0 N–H and O–H groups in total. The van der Waals surface area contributed by atoms with Crippen molar-refractivity contribution in [1.29, 1.82) is 0 Å². The van der Waals surface area contributed by atoms with Gasteiger partial charge in [-0.3, -0.25) is 9.59 Å². The second-order valence-corrected chi connectivity index (χ2v) is 4.89. The fraction of sp³-hybridized carbons (Fsp3) is 0.556. The summed E-state index contributed by atoms with van der Waals surface area (Å²) in [5.41, 5.74) is 0. The number of Topliss-reactive ketones (excluding diaryl/α,β-unsaturated/α-hetero) is 1. The predicted molar refractivity (Wildman–Crippen MR) is 61.6 cm³/mol. The average Bonchev–Trinajstić information content (AvgIpc) is 2.61. The van der Waals surface area contributed by atoms with Crippen molar-refractivity contribution >= 4 is 35.0 Å². The first-order valence-electron chi connectivity index (χ1n) is 4.72. The lowest BCUT2D eigenvalue weighted by molar-refractivity contribution is -0.145. The summed E-state index contributed by atoms with van der Waals surface area (Å²) in [7, 11) is 0. The molecule has 0 radical (unpaired) electrons. The van der Waals surface area contributed by atoms with Crippen LogP contribution in [0.15, 0.2) is 4.34 Å². The summed E-state index contributed by atoms with van der Waals surface area (Å²) in [6.45, 7) is 3.80. The van der Waals surface area contributed by atoms with Crippen molar-refractivity contribution in [3.05, 3.63) is 5.82 Å². The molecule has 0 amide bonds. The van der Waals surface area contributed by atoms with Crippen LogP contribution in [0.3, 0.4) is 0 Å². The van der Waals surface area contributed by atoms with E-state index < -0.39 is 5.97 Å². The fourth-order valence-electron chi connectivity index (χ4n) is 0.903. The van der Waals surface area contributed by atoms with Gasteiger partial charge in [-0.1, -0.05) is 11.8 Å². The van der Waals surface area contributed by atoms with Crippen LogP contribution in [0, 0.1) is 6.92 Å². The number of ketones is 1. The molecule has 0 aliphatic rings. The smallest absolute Gasteiger partial charge is 0.313 e. The summed E-state index contributed by atoms with van der Waals surface area (Å²) < 4.78 is 9.41. The van der Waals surface area contributed by atoms with Crippen molar-refractivity contribution in [1.82, 2.24) is 9.36 Å².